The fourth-order valence-electron chi connectivity index (χ4n) is 3.46. The number of H-pyrrole nitrogens is 1. The first-order chi connectivity index (χ1) is 9.83. The summed E-state index contributed by atoms with van der Waals surface area (Å²) in [6, 6.07) is 9.47. The average molecular weight is 270 g/mol. The van der Waals surface area contributed by atoms with Crippen molar-refractivity contribution in [3.05, 3.63) is 36.0 Å². The molecule has 1 fully saturated rings. The number of hydrogen-bond acceptors (Lipinski definition) is 1. The van der Waals surface area contributed by atoms with Crippen molar-refractivity contribution in [1.82, 2.24) is 10.3 Å². The van der Waals surface area contributed by atoms with Gasteiger partial charge in [0.05, 0.1) is 0 Å². The second-order valence-corrected chi connectivity index (χ2v) is 6.32. The lowest BCUT2D eigenvalue weighted by Gasteiger charge is -2.23. The van der Waals surface area contributed by atoms with Crippen LogP contribution in [0.15, 0.2) is 30.5 Å². The van der Waals surface area contributed by atoms with Crippen LogP contribution in [0.5, 0.6) is 0 Å². The zero-order valence-electron chi connectivity index (χ0n) is 12.5. The second kappa shape index (κ2) is 6.45. The molecule has 0 bridgehead atoms. The Morgan fingerprint density at radius 2 is 1.95 bits per heavy atom. The molecule has 2 aromatic rings. The van der Waals surface area contributed by atoms with Gasteiger partial charge in [0, 0.05) is 24.3 Å². The highest BCUT2D eigenvalue weighted by atomic mass is 14.9. The van der Waals surface area contributed by atoms with Gasteiger partial charge in [0.25, 0.3) is 0 Å². The molecule has 3 rings (SSSR count). The summed E-state index contributed by atoms with van der Waals surface area (Å²) in [6.07, 6.45) is 10.5. The van der Waals surface area contributed by atoms with Gasteiger partial charge in [-0.3, -0.25) is 0 Å². The Balaban J connectivity index is 1.57. The van der Waals surface area contributed by atoms with E-state index in [0.717, 1.165) is 12.5 Å². The van der Waals surface area contributed by atoms with Gasteiger partial charge in [-0.25, -0.2) is 0 Å². The Morgan fingerprint density at radius 1 is 1.15 bits per heavy atom. The third-order valence-electron chi connectivity index (χ3n) is 4.85. The molecule has 2 nitrogen and oxygen atoms in total. The Kier molecular flexibility index (Phi) is 4.41. The molecule has 20 heavy (non-hydrogen) atoms. The van der Waals surface area contributed by atoms with Crippen LogP contribution in [0, 0.1) is 5.92 Å². The van der Waals surface area contributed by atoms with E-state index in [1.165, 1.54) is 55.0 Å². The standard InChI is InChI=1S/C18H26N2/c1-14(16-6-4-2-3-5-7-16)20-13-15-8-9-17-10-11-19-18(17)12-15/h8-12,14,16,19-20H,2-7,13H2,1H3/t14-/m0/s1. The number of hydrogen-bond donors (Lipinski definition) is 2. The summed E-state index contributed by atoms with van der Waals surface area (Å²) < 4.78 is 0. The second-order valence-electron chi connectivity index (χ2n) is 6.32. The molecule has 108 valence electrons. The first kappa shape index (κ1) is 13.7. The molecular formula is C18H26N2. The number of aromatic amines is 1. The van der Waals surface area contributed by atoms with Crippen LogP contribution in [0.1, 0.15) is 51.0 Å². The van der Waals surface area contributed by atoms with Gasteiger partial charge in [0.1, 0.15) is 0 Å². The lowest BCUT2D eigenvalue weighted by molar-refractivity contribution is 0.337. The van der Waals surface area contributed by atoms with Crippen LogP contribution in [0.3, 0.4) is 0 Å². The minimum atomic E-state index is 0.632. The number of nitrogens with one attached hydrogen (secondary N) is 2. The third kappa shape index (κ3) is 3.24. The van der Waals surface area contributed by atoms with Gasteiger partial charge in [0.2, 0.25) is 0 Å². The first-order valence-electron chi connectivity index (χ1n) is 8.12. The van der Waals surface area contributed by atoms with E-state index >= 15 is 0 Å². The molecule has 0 unspecified atom stereocenters. The molecule has 0 aliphatic heterocycles. The predicted octanol–water partition coefficient (Wildman–Crippen LogP) is 4.62. The molecule has 0 spiro atoms. The molecule has 1 aliphatic rings. The van der Waals surface area contributed by atoms with Crippen LogP contribution in [0.4, 0.5) is 0 Å². The van der Waals surface area contributed by atoms with Crippen LogP contribution in [0.2, 0.25) is 0 Å². The van der Waals surface area contributed by atoms with Gasteiger partial charge in [-0.15, -0.1) is 0 Å². The summed E-state index contributed by atoms with van der Waals surface area (Å²) in [5, 5.41) is 5.04. The van der Waals surface area contributed by atoms with E-state index in [1.807, 2.05) is 6.20 Å². The SMILES string of the molecule is C[C@H](NCc1ccc2cc[nH]c2c1)C1CCCCCC1. The minimum Gasteiger partial charge on any atom is -0.361 e. The highest BCUT2D eigenvalue weighted by Crippen LogP contribution is 2.25. The maximum Gasteiger partial charge on any atom is 0.0457 e. The summed E-state index contributed by atoms with van der Waals surface area (Å²) in [7, 11) is 0. The zero-order chi connectivity index (χ0) is 13.8. The fraction of sp³-hybridized carbons (Fsp3) is 0.556. The predicted molar refractivity (Wildman–Crippen MR) is 85.8 cm³/mol. The maximum absolute atomic E-state index is 3.74. The molecule has 0 saturated heterocycles. The quantitative estimate of drug-likeness (QED) is 0.780. The van der Waals surface area contributed by atoms with Crippen molar-refractivity contribution in [2.45, 2.75) is 58.0 Å². The van der Waals surface area contributed by atoms with Crippen molar-refractivity contribution in [2.24, 2.45) is 5.92 Å². The Bertz CT molecular complexity index is 535. The summed E-state index contributed by atoms with van der Waals surface area (Å²) in [5.74, 6) is 0.867. The minimum absolute atomic E-state index is 0.632. The Hall–Kier alpha value is -1.28. The van der Waals surface area contributed by atoms with Crippen LogP contribution in [-0.4, -0.2) is 11.0 Å². The van der Waals surface area contributed by atoms with Crippen LogP contribution in [0.25, 0.3) is 10.9 Å². The van der Waals surface area contributed by atoms with E-state index in [0.29, 0.717) is 6.04 Å². The van der Waals surface area contributed by atoms with Crippen molar-refractivity contribution in [2.75, 3.05) is 0 Å². The molecule has 1 atom stereocenters. The van der Waals surface area contributed by atoms with Crippen molar-refractivity contribution >= 4 is 10.9 Å². The largest absolute Gasteiger partial charge is 0.361 e. The van der Waals surface area contributed by atoms with Crippen molar-refractivity contribution in [3.63, 3.8) is 0 Å². The van der Waals surface area contributed by atoms with Gasteiger partial charge >= 0.3 is 0 Å². The summed E-state index contributed by atoms with van der Waals surface area (Å²) in [6.45, 7) is 3.34. The molecule has 1 aliphatic carbocycles. The van der Waals surface area contributed by atoms with Gasteiger partial charge in [0.15, 0.2) is 0 Å². The van der Waals surface area contributed by atoms with Gasteiger partial charge in [-0.05, 0) is 48.8 Å². The van der Waals surface area contributed by atoms with E-state index in [-0.39, 0.29) is 0 Å². The molecule has 2 N–H and O–H groups in total. The Labute approximate surface area is 122 Å². The lowest BCUT2D eigenvalue weighted by Crippen LogP contribution is -2.32. The smallest absolute Gasteiger partial charge is 0.0457 e. The van der Waals surface area contributed by atoms with Gasteiger partial charge in [-0.1, -0.05) is 37.8 Å². The first-order valence-corrected chi connectivity index (χ1v) is 8.12. The topological polar surface area (TPSA) is 27.8 Å². The summed E-state index contributed by atoms with van der Waals surface area (Å²) >= 11 is 0. The number of benzene rings is 1. The lowest BCUT2D eigenvalue weighted by atomic mass is 9.93. The van der Waals surface area contributed by atoms with E-state index in [2.05, 4.69) is 41.5 Å². The van der Waals surface area contributed by atoms with Crippen molar-refractivity contribution < 1.29 is 0 Å². The summed E-state index contributed by atoms with van der Waals surface area (Å²) in [4.78, 5) is 3.29. The highest BCUT2D eigenvalue weighted by Gasteiger charge is 2.18. The number of rotatable bonds is 4. The van der Waals surface area contributed by atoms with Gasteiger partial charge in [-0.2, -0.15) is 0 Å². The fourth-order valence-corrected chi connectivity index (χ4v) is 3.46. The molecular weight excluding hydrogens is 244 g/mol. The summed E-state index contributed by atoms with van der Waals surface area (Å²) in [5.41, 5.74) is 2.62. The van der Waals surface area contributed by atoms with Crippen molar-refractivity contribution in [3.8, 4) is 0 Å². The number of aromatic nitrogens is 1. The maximum atomic E-state index is 3.74. The molecule has 1 saturated carbocycles. The van der Waals surface area contributed by atoms with E-state index < -0.39 is 0 Å². The van der Waals surface area contributed by atoms with E-state index in [1.54, 1.807) is 0 Å². The van der Waals surface area contributed by atoms with E-state index in [9.17, 15) is 0 Å². The molecule has 0 radical (unpaired) electrons. The number of fused-ring (bicyclic) bond motifs is 1. The highest BCUT2D eigenvalue weighted by molar-refractivity contribution is 5.79. The normalized spacial score (nSPS) is 19.1. The van der Waals surface area contributed by atoms with Crippen LogP contribution in [-0.2, 0) is 6.54 Å². The zero-order valence-corrected chi connectivity index (χ0v) is 12.5. The van der Waals surface area contributed by atoms with Crippen LogP contribution >= 0.6 is 0 Å². The monoisotopic (exact) mass is 270 g/mol. The molecule has 2 heteroatoms. The third-order valence-corrected chi connectivity index (χ3v) is 4.85. The molecule has 0 amide bonds. The molecule has 1 aromatic heterocycles. The average Bonchev–Trinajstić information content (AvgIpc) is 2.76. The Morgan fingerprint density at radius 3 is 2.75 bits per heavy atom. The molecule has 1 aromatic carbocycles. The van der Waals surface area contributed by atoms with Crippen molar-refractivity contribution in [1.29, 1.82) is 0 Å². The molecule has 1 heterocycles. The van der Waals surface area contributed by atoms with E-state index in [4.69, 9.17) is 0 Å². The van der Waals surface area contributed by atoms with Crippen LogP contribution < -0.4 is 5.32 Å². The van der Waals surface area contributed by atoms with Gasteiger partial charge < -0.3 is 10.3 Å².